The van der Waals surface area contributed by atoms with Gasteiger partial charge < -0.3 is 14.6 Å². The van der Waals surface area contributed by atoms with E-state index in [1.807, 2.05) is 13.8 Å². The summed E-state index contributed by atoms with van der Waals surface area (Å²) in [6.07, 6.45) is -0.239. The second kappa shape index (κ2) is 6.08. The summed E-state index contributed by atoms with van der Waals surface area (Å²) in [6.45, 7) is 9.36. The van der Waals surface area contributed by atoms with Gasteiger partial charge in [-0.1, -0.05) is 6.92 Å². The molecule has 0 fully saturated rings. The van der Waals surface area contributed by atoms with Gasteiger partial charge in [0.2, 0.25) is 0 Å². The van der Waals surface area contributed by atoms with Gasteiger partial charge in [-0.3, -0.25) is 4.79 Å². The summed E-state index contributed by atoms with van der Waals surface area (Å²) < 4.78 is 10.3. The van der Waals surface area contributed by atoms with Gasteiger partial charge in [0.05, 0.1) is 24.9 Å². The van der Waals surface area contributed by atoms with Crippen LogP contribution >= 0.6 is 0 Å². The van der Waals surface area contributed by atoms with Crippen LogP contribution in [0.1, 0.15) is 34.6 Å². The highest BCUT2D eigenvalue weighted by Gasteiger charge is 2.23. The second-order valence-corrected chi connectivity index (χ2v) is 4.54. The largest absolute Gasteiger partial charge is 0.466 e. The molecule has 0 amide bonds. The molecule has 2 unspecified atom stereocenters. The van der Waals surface area contributed by atoms with Crippen molar-refractivity contribution in [1.29, 1.82) is 0 Å². The Kier molecular flexibility index (Phi) is 5.83. The molecule has 0 saturated heterocycles. The van der Waals surface area contributed by atoms with E-state index in [1.165, 1.54) is 6.92 Å². The smallest absolute Gasteiger partial charge is 0.302 e. The Bertz CT molecular complexity index is 195. The minimum atomic E-state index is -0.846. The van der Waals surface area contributed by atoms with Crippen molar-refractivity contribution in [3.63, 3.8) is 0 Å². The lowest BCUT2D eigenvalue weighted by Gasteiger charge is -2.27. The number of rotatable bonds is 6. The average Bonchev–Trinajstić information content (AvgIpc) is 2.09. The number of carbonyl (C=O) groups is 1. The first kappa shape index (κ1) is 14.4. The first-order valence-corrected chi connectivity index (χ1v) is 5.20. The zero-order chi connectivity index (χ0) is 12.1. The van der Waals surface area contributed by atoms with Crippen LogP contribution in [0, 0.1) is 5.92 Å². The van der Waals surface area contributed by atoms with E-state index in [0.717, 1.165) is 0 Å². The van der Waals surface area contributed by atoms with Crippen molar-refractivity contribution >= 4 is 5.97 Å². The van der Waals surface area contributed by atoms with Crippen molar-refractivity contribution in [2.75, 3.05) is 13.2 Å². The molecule has 1 N–H and O–H groups in total. The normalized spacial score (nSPS) is 15.9. The minimum absolute atomic E-state index is 0.138. The molecule has 0 aliphatic carbocycles. The summed E-state index contributed by atoms with van der Waals surface area (Å²) in [4.78, 5) is 10.5. The quantitative estimate of drug-likeness (QED) is 0.684. The van der Waals surface area contributed by atoms with Crippen molar-refractivity contribution in [2.24, 2.45) is 5.92 Å². The number of carbonyl (C=O) groups excluding carboxylic acids is 1. The van der Waals surface area contributed by atoms with Crippen LogP contribution in [-0.2, 0) is 14.3 Å². The lowest BCUT2D eigenvalue weighted by atomic mass is 10.0. The predicted octanol–water partition coefficient (Wildman–Crippen LogP) is 1.36. The van der Waals surface area contributed by atoms with Crippen molar-refractivity contribution in [2.45, 2.75) is 46.3 Å². The number of hydrogen-bond acceptors (Lipinski definition) is 4. The molecule has 2 atom stereocenters. The van der Waals surface area contributed by atoms with E-state index < -0.39 is 5.60 Å². The Morgan fingerprint density at radius 2 is 1.87 bits per heavy atom. The molecule has 0 aromatic heterocycles. The zero-order valence-electron chi connectivity index (χ0n) is 10.2. The number of hydrogen-bond donors (Lipinski definition) is 1. The third kappa shape index (κ3) is 7.33. The highest BCUT2D eigenvalue weighted by molar-refractivity contribution is 5.65. The average molecular weight is 218 g/mol. The molecule has 0 heterocycles. The van der Waals surface area contributed by atoms with Gasteiger partial charge in [-0.15, -0.1) is 0 Å². The van der Waals surface area contributed by atoms with E-state index in [9.17, 15) is 9.90 Å². The van der Waals surface area contributed by atoms with E-state index in [0.29, 0.717) is 13.2 Å². The maximum Gasteiger partial charge on any atom is 0.302 e. The topological polar surface area (TPSA) is 55.8 Å². The molecule has 0 aromatic carbocycles. The molecule has 0 aromatic rings. The predicted molar refractivity (Wildman–Crippen MR) is 57.5 cm³/mol. The maximum atomic E-state index is 10.5. The number of aliphatic hydroxyl groups is 1. The maximum absolute atomic E-state index is 10.5. The van der Waals surface area contributed by atoms with Crippen LogP contribution in [-0.4, -0.2) is 36.0 Å². The number of ether oxygens (including phenoxy) is 2. The Morgan fingerprint density at radius 3 is 2.27 bits per heavy atom. The van der Waals surface area contributed by atoms with Crippen LogP contribution in [0.2, 0.25) is 0 Å². The molecule has 0 rings (SSSR count). The third-order valence-corrected chi connectivity index (χ3v) is 2.20. The summed E-state index contributed by atoms with van der Waals surface area (Å²) in [5.74, 6) is -0.143. The third-order valence-electron chi connectivity index (χ3n) is 2.20. The summed E-state index contributed by atoms with van der Waals surface area (Å²) >= 11 is 0. The van der Waals surface area contributed by atoms with Crippen molar-refractivity contribution in [3.8, 4) is 0 Å². The lowest BCUT2D eigenvalue weighted by Crippen LogP contribution is -2.36. The van der Waals surface area contributed by atoms with Gasteiger partial charge >= 0.3 is 5.97 Å². The van der Waals surface area contributed by atoms with Crippen molar-refractivity contribution in [1.82, 2.24) is 0 Å². The van der Waals surface area contributed by atoms with E-state index in [4.69, 9.17) is 9.47 Å². The van der Waals surface area contributed by atoms with E-state index >= 15 is 0 Å². The molecule has 0 spiro atoms. The molecule has 0 bridgehead atoms. The monoisotopic (exact) mass is 218 g/mol. The van der Waals surface area contributed by atoms with Gasteiger partial charge in [-0.2, -0.15) is 0 Å². The Labute approximate surface area is 91.6 Å². The molecule has 0 radical (unpaired) electrons. The van der Waals surface area contributed by atoms with Gasteiger partial charge in [0, 0.05) is 12.8 Å². The van der Waals surface area contributed by atoms with Crippen LogP contribution in [0.25, 0.3) is 0 Å². The fourth-order valence-electron chi connectivity index (χ4n) is 0.820. The van der Waals surface area contributed by atoms with E-state index in [-0.39, 0.29) is 18.0 Å². The minimum Gasteiger partial charge on any atom is -0.466 e. The summed E-state index contributed by atoms with van der Waals surface area (Å²) in [7, 11) is 0. The SMILES string of the molecule is CC(=O)OCC(C)COC(C)C(C)(C)O. The first-order valence-electron chi connectivity index (χ1n) is 5.20. The van der Waals surface area contributed by atoms with Crippen molar-refractivity contribution < 1.29 is 19.4 Å². The van der Waals surface area contributed by atoms with Crippen LogP contribution in [0.15, 0.2) is 0 Å². The lowest BCUT2D eigenvalue weighted by molar-refractivity contribution is -0.144. The molecular formula is C11H22O4. The fourth-order valence-corrected chi connectivity index (χ4v) is 0.820. The molecular weight excluding hydrogens is 196 g/mol. The van der Waals surface area contributed by atoms with Gasteiger partial charge in [-0.25, -0.2) is 0 Å². The van der Waals surface area contributed by atoms with E-state index in [1.54, 1.807) is 13.8 Å². The Hall–Kier alpha value is -0.610. The highest BCUT2D eigenvalue weighted by Crippen LogP contribution is 2.12. The Balaban J connectivity index is 3.71. The van der Waals surface area contributed by atoms with Gasteiger partial charge in [-0.05, 0) is 20.8 Å². The molecule has 4 nitrogen and oxygen atoms in total. The van der Waals surface area contributed by atoms with Gasteiger partial charge in [0.15, 0.2) is 0 Å². The van der Waals surface area contributed by atoms with E-state index in [2.05, 4.69) is 0 Å². The van der Waals surface area contributed by atoms with Crippen molar-refractivity contribution in [3.05, 3.63) is 0 Å². The van der Waals surface area contributed by atoms with Crippen LogP contribution in [0.4, 0.5) is 0 Å². The molecule has 90 valence electrons. The molecule has 15 heavy (non-hydrogen) atoms. The Morgan fingerprint density at radius 1 is 1.33 bits per heavy atom. The summed E-state index contributed by atoms with van der Waals surface area (Å²) in [5, 5.41) is 9.61. The van der Waals surface area contributed by atoms with Crippen LogP contribution in [0.5, 0.6) is 0 Å². The van der Waals surface area contributed by atoms with Crippen LogP contribution in [0.3, 0.4) is 0 Å². The fraction of sp³-hybridized carbons (Fsp3) is 0.909. The molecule has 0 saturated carbocycles. The standard InChI is InChI=1S/C11H22O4/c1-8(7-15-10(3)12)6-14-9(2)11(4,5)13/h8-9,13H,6-7H2,1-5H3. The van der Waals surface area contributed by atoms with Gasteiger partial charge in [0.1, 0.15) is 0 Å². The summed E-state index contributed by atoms with van der Waals surface area (Å²) in [5.41, 5.74) is -0.846. The zero-order valence-corrected chi connectivity index (χ0v) is 10.2. The first-order chi connectivity index (χ1) is 6.73. The van der Waals surface area contributed by atoms with Gasteiger partial charge in [0.25, 0.3) is 0 Å². The van der Waals surface area contributed by atoms with Crippen LogP contribution < -0.4 is 0 Å². The molecule has 4 heteroatoms. The second-order valence-electron chi connectivity index (χ2n) is 4.54. The molecule has 0 aliphatic heterocycles. The summed E-state index contributed by atoms with van der Waals surface area (Å²) in [6, 6.07) is 0. The molecule has 0 aliphatic rings. The number of esters is 1. The highest BCUT2D eigenvalue weighted by atomic mass is 16.5.